The van der Waals surface area contributed by atoms with Crippen LogP contribution in [0.1, 0.15) is 15.9 Å². The Morgan fingerprint density at radius 2 is 2.12 bits per heavy atom. The molecule has 2 N–H and O–H groups in total. The van der Waals surface area contributed by atoms with Crippen LogP contribution in [-0.4, -0.2) is 57.9 Å². The molecule has 0 aliphatic carbocycles. The van der Waals surface area contributed by atoms with Gasteiger partial charge < -0.3 is 9.84 Å². The van der Waals surface area contributed by atoms with Gasteiger partial charge in [-0.05, 0) is 12.1 Å². The summed E-state index contributed by atoms with van der Waals surface area (Å²) in [6, 6.07) is 3.27. The van der Waals surface area contributed by atoms with Gasteiger partial charge in [-0.3, -0.25) is 20.0 Å². The van der Waals surface area contributed by atoms with Crippen molar-refractivity contribution in [3.63, 3.8) is 0 Å². The molecule has 9 heteroatoms. The van der Waals surface area contributed by atoms with Crippen molar-refractivity contribution in [2.45, 2.75) is 0 Å². The predicted octanol–water partition coefficient (Wildman–Crippen LogP) is 0.684. The number of amidine groups is 1. The molecule has 9 nitrogen and oxygen atoms in total. The average molecular weight is 338 g/mol. The van der Waals surface area contributed by atoms with Crippen LogP contribution in [0.15, 0.2) is 40.8 Å². The number of hydrogen-bond donors (Lipinski definition) is 2. The molecule has 0 saturated heterocycles. The molecule has 1 aromatic carbocycles. The first-order valence-corrected chi connectivity index (χ1v) is 7.56. The molecule has 0 fully saturated rings. The highest BCUT2D eigenvalue weighted by Gasteiger charge is 2.33. The molecule has 25 heavy (non-hydrogen) atoms. The number of aromatic nitrogens is 2. The van der Waals surface area contributed by atoms with Crippen molar-refractivity contribution >= 4 is 23.4 Å². The number of guanidine groups is 1. The van der Waals surface area contributed by atoms with Crippen molar-refractivity contribution < 1.29 is 14.6 Å². The average Bonchev–Trinajstić information content (AvgIpc) is 3.12. The zero-order chi connectivity index (χ0) is 17.4. The van der Waals surface area contributed by atoms with Crippen molar-refractivity contribution in [3.05, 3.63) is 42.0 Å². The van der Waals surface area contributed by atoms with Crippen molar-refractivity contribution in [2.24, 2.45) is 9.98 Å². The topological polar surface area (TPSA) is 112 Å². The van der Waals surface area contributed by atoms with Crippen LogP contribution in [0.5, 0.6) is 11.5 Å². The minimum atomic E-state index is -0.381. The number of aromatic hydroxyl groups is 1. The van der Waals surface area contributed by atoms with E-state index < -0.39 is 0 Å². The second-order valence-corrected chi connectivity index (χ2v) is 5.39. The smallest absolute Gasteiger partial charge is 0.261 e. The molecule has 126 valence electrons. The number of hydrogen-bond acceptors (Lipinski definition) is 8. The number of carbonyl (C=O) groups excluding carboxylic acids is 1. The lowest BCUT2D eigenvalue weighted by Gasteiger charge is -2.28. The Bertz CT molecular complexity index is 910. The molecular weight excluding hydrogens is 324 g/mol. The van der Waals surface area contributed by atoms with Gasteiger partial charge in [-0.2, -0.15) is 0 Å². The lowest BCUT2D eigenvalue weighted by molar-refractivity contribution is 0.0973. The number of fused-ring (bicyclic) bond motifs is 3. The number of ether oxygens (including phenoxy) is 1. The van der Waals surface area contributed by atoms with E-state index in [1.165, 1.54) is 31.9 Å². The van der Waals surface area contributed by atoms with E-state index in [1.807, 2.05) is 4.90 Å². The van der Waals surface area contributed by atoms with Gasteiger partial charge in [0.05, 0.1) is 19.2 Å². The van der Waals surface area contributed by atoms with Gasteiger partial charge in [0.25, 0.3) is 5.91 Å². The number of benzene rings is 1. The fraction of sp³-hybridized carbons (Fsp3) is 0.188. The van der Waals surface area contributed by atoms with E-state index in [-0.39, 0.29) is 17.4 Å². The van der Waals surface area contributed by atoms with E-state index in [0.29, 0.717) is 36.1 Å². The summed E-state index contributed by atoms with van der Waals surface area (Å²) < 4.78 is 5.27. The van der Waals surface area contributed by atoms with Gasteiger partial charge in [-0.15, -0.1) is 0 Å². The van der Waals surface area contributed by atoms with E-state index in [2.05, 4.69) is 25.3 Å². The van der Waals surface area contributed by atoms with Gasteiger partial charge in [0.1, 0.15) is 17.9 Å². The number of aliphatic imine (C=N–C) groups is 2. The van der Waals surface area contributed by atoms with Crippen LogP contribution in [0.3, 0.4) is 0 Å². The van der Waals surface area contributed by atoms with Gasteiger partial charge in [0.15, 0.2) is 11.5 Å². The van der Waals surface area contributed by atoms with Crippen LogP contribution in [0.2, 0.25) is 0 Å². The Labute approximate surface area is 142 Å². The Morgan fingerprint density at radius 1 is 1.32 bits per heavy atom. The quantitative estimate of drug-likeness (QED) is 0.833. The molecule has 0 radical (unpaired) electrons. The number of phenols is 1. The molecule has 2 aliphatic heterocycles. The van der Waals surface area contributed by atoms with E-state index in [4.69, 9.17) is 4.74 Å². The summed E-state index contributed by atoms with van der Waals surface area (Å²) in [7, 11) is 1.45. The number of phenolic OH excluding ortho intramolecular Hbond substituents is 1. The maximum absolute atomic E-state index is 12.4. The largest absolute Gasteiger partial charge is 0.504 e. The lowest BCUT2D eigenvalue weighted by Crippen LogP contribution is -2.47. The molecule has 1 aromatic heterocycles. The van der Waals surface area contributed by atoms with Crippen LogP contribution >= 0.6 is 0 Å². The van der Waals surface area contributed by atoms with Gasteiger partial charge >= 0.3 is 0 Å². The van der Waals surface area contributed by atoms with Crippen molar-refractivity contribution in [3.8, 4) is 11.5 Å². The molecule has 2 aromatic rings. The summed E-state index contributed by atoms with van der Waals surface area (Å²) in [5.74, 6) is 0.832. The van der Waals surface area contributed by atoms with E-state index in [0.717, 1.165) is 5.56 Å². The first-order valence-electron chi connectivity index (χ1n) is 7.56. The number of amides is 1. The second kappa shape index (κ2) is 5.86. The normalized spacial score (nSPS) is 15.0. The second-order valence-electron chi connectivity index (χ2n) is 5.39. The van der Waals surface area contributed by atoms with Gasteiger partial charge in [0, 0.05) is 24.5 Å². The van der Waals surface area contributed by atoms with Crippen LogP contribution in [0.25, 0.3) is 0 Å². The van der Waals surface area contributed by atoms with Crippen LogP contribution in [0.4, 0.5) is 5.69 Å². The third-order valence-electron chi connectivity index (χ3n) is 3.92. The van der Waals surface area contributed by atoms with E-state index in [9.17, 15) is 9.90 Å². The maximum Gasteiger partial charge on any atom is 0.261 e. The van der Waals surface area contributed by atoms with Gasteiger partial charge in [-0.25, -0.2) is 15.0 Å². The predicted molar refractivity (Wildman–Crippen MR) is 89.4 cm³/mol. The Kier molecular flexibility index (Phi) is 3.53. The minimum Gasteiger partial charge on any atom is -0.504 e. The number of carbonyl (C=O) groups is 1. The summed E-state index contributed by atoms with van der Waals surface area (Å²) in [5, 5.41) is 12.8. The standard InChI is InChI=1S/C16H14N6O3/c1-25-13-11(23)3-2-10-12(13)20-16(22-5-4-19-14(10)22)21-15(24)9-6-17-8-18-7-9/h2-3,6-8,23H,4-5H2,1H3,(H,20,21,24). The highest BCUT2D eigenvalue weighted by atomic mass is 16.5. The lowest BCUT2D eigenvalue weighted by atomic mass is 10.1. The Balaban J connectivity index is 1.77. The zero-order valence-electron chi connectivity index (χ0n) is 13.3. The minimum absolute atomic E-state index is 0.0285. The molecule has 0 atom stereocenters. The Morgan fingerprint density at radius 3 is 2.88 bits per heavy atom. The van der Waals surface area contributed by atoms with E-state index >= 15 is 0 Å². The number of rotatable bonds is 2. The molecule has 0 unspecified atom stereocenters. The van der Waals surface area contributed by atoms with Crippen LogP contribution in [-0.2, 0) is 0 Å². The third kappa shape index (κ3) is 2.45. The monoisotopic (exact) mass is 338 g/mol. The summed E-state index contributed by atoms with van der Waals surface area (Å²) >= 11 is 0. The molecule has 2 aliphatic rings. The van der Waals surface area contributed by atoms with Crippen molar-refractivity contribution in [2.75, 3.05) is 20.2 Å². The Hall–Kier alpha value is -3.49. The molecule has 1 amide bonds. The molecule has 0 saturated carbocycles. The molecule has 3 heterocycles. The number of methoxy groups -OCH3 is 1. The molecule has 0 spiro atoms. The molecule has 4 rings (SSSR count). The summed E-state index contributed by atoms with van der Waals surface area (Å²) in [6.45, 7) is 1.18. The van der Waals surface area contributed by atoms with E-state index in [1.54, 1.807) is 6.07 Å². The van der Waals surface area contributed by atoms with Crippen molar-refractivity contribution in [1.29, 1.82) is 0 Å². The number of nitrogens with zero attached hydrogens (tertiary/aromatic N) is 5. The highest BCUT2D eigenvalue weighted by molar-refractivity contribution is 6.20. The number of nitrogens with one attached hydrogen (secondary N) is 1. The molecular formula is C16H14N6O3. The first-order chi connectivity index (χ1) is 12.2. The summed E-state index contributed by atoms with van der Waals surface area (Å²) in [6.07, 6.45) is 4.19. The first kappa shape index (κ1) is 15.1. The summed E-state index contributed by atoms with van der Waals surface area (Å²) in [4.78, 5) is 30.9. The SMILES string of the molecule is COc1c(O)ccc2c1N=C(NC(=O)c1cncnc1)N1CCN=C21. The summed E-state index contributed by atoms with van der Waals surface area (Å²) in [5.41, 5.74) is 1.49. The highest BCUT2D eigenvalue weighted by Crippen LogP contribution is 2.42. The fourth-order valence-electron chi connectivity index (χ4n) is 2.79. The fourth-order valence-corrected chi connectivity index (χ4v) is 2.79. The van der Waals surface area contributed by atoms with Crippen molar-refractivity contribution in [1.82, 2.24) is 20.2 Å². The zero-order valence-corrected chi connectivity index (χ0v) is 13.3. The maximum atomic E-state index is 12.4. The third-order valence-corrected chi connectivity index (χ3v) is 3.92. The van der Waals surface area contributed by atoms with Gasteiger partial charge in [0.2, 0.25) is 5.96 Å². The molecule has 0 bridgehead atoms. The van der Waals surface area contributed by atoms with Crippen LogP contribution < -0.4 is 10.1 Å². The van der Waals surface area contributed by atoms with Crippen LogP contribution in [0, 0.1) is 0 Å². The van der Waals surface area contributed by atoms with Gasteiger partial charge in [-0.1, -0.05) is 0 Å².